The van der Waals surface area contributed by atoms with E-state index in [9.17, 15) is 0 Å². The number of aryl methyl sites for hydroxylation is 1. The molecule has 0 fully saturated rings. The Morgan fingerprint density at radius 2 is 1.57 bits per heavy atom. The fraction of sp³-hybridized carbons (Fsp3) is 0.700. The van der Waals surface area contributed by atoms with Gasteiger partial charge in [-0.15, -0.1) is 0 Å². The van der Waals surface area contributed by atoms with Crippen molar-refractivity contribution < 1.29 is 4.74 Å². The van der Waals surface area contributed by atoms with Crippen LogP contribution in [-0.4, -0.2) is 6.10 Å². The van der Waals surface area contributed by atoms with Crippen molar-refractivity contribution in [1.82, 2.24) is 0 Å². The van der Waals surface area contributed by atoms with Gasteiger partial charge in [0.05, 0.1) is 6.10 Å². The molecular weight excluding hydrogens is 256 g/mol. The average molecular weight is 288 g/mol. The van der Waals surface area contributed by atoms with E-state index in [1.165, 1.54) is 82.6 Å². The normalized spacial score (nSPS) is 17.3. The summed E-state index contributed by atoms with van der Waals surface area (Å²) in [4.78, 5) is 0. The Hall–Kier alpha value is -0.980. The molecule has 0 amide bonds. The molecule has 1 aliphatic heterocycles. The van der Waals surface area contributed by atoms with Gasteiger partial charge >= 0.3 is 0 Å². The number of para-hydroxylation sites is 1. The number of ether oxygens (including phenoxy) is 1. The van der Waals surface area contributed by atoms with Gasteiger partial charge in [-0.2, -0.15) is 0 Å². The fourth-order valence-corrected chi connectivity index (χ4v) is 3.27. The molecule has 1 aliphatic rings. The number of hydrogen-bond acceptors (Lipinski definition) is 1. The van der Waals surface area contributed by atoms with Crippen LogP contribution in [0.15, 0.2) is 24.3 Å². The molecule has 1 heterocycles. The third kappa shape index (κ3) is 6.11. The summed E-state index contributed by atoms with van der Waals surface area (Å²) in [7, 11) is 0. The molecule has 118 valence electrons. The van der Waals surface area contributed by atoms with Crippen LogP contribution < -0.4 is 4.74 Å². The summed E-state index contributed by atoms with van der Waals surface area (Å²) in [5, 5.41) is 0. The van der Waals surface area contributed by atoms with Gasteiger partial charge < -0.3 is 4.74 Å². The molecule has 0 saturated carbocycles. The number of fused-ring (bicyclic) bond motifs is 1. The molecule has 1 atom stereocenters. The van der Waals surface area contributed by atoms with Crippen molar-refractivity contribution in [1.29, 1.82) is 0 Å². The van der Waals surface area contributed by atoms with Crippen molar-refractivity contribution in [2.45, 2.75) is 90.1 Å². The van der Waals surface area contributed by atoms with Crippen molar-refractivity contribution in [2.75, 3.05) is 0 Å². The van der Waals surface area contributed by atoms with Gasteiger partial charge in [-0.3, -0.25) is 0 Å². The van der Waals surface area contributed by atoms with E-state index >= 15 is 0 Å². The van der Waals surface area contributed by atoms with Crippen LogP contribution in [0.2, 0.25) is 0 Å². The molecular formula is C20H32O. The van der Waals surface area contributed by atoms with Gasteiger partial charge in [0.2, 0.25) is 0 Å². The van der Waals surface area contributed by atoms with Gasteiger partial charge in [0.1, 0.15) is 5.75 Å². The monoisotopic (exact) mass is 288 g/mol. The molecule has 0 aliphatic carbocycles. The van der Waals surface area contributed by atoms with Crippen molar-refractivity contribution >= 4 is 0 Å². The summed E-state index contributed by atoms with van der Waals surface area (Å²) in [6, 6.07) is 8.52. The summed E-state index contributed by atoms with van der Waals surface area (Å²) in [6.07, 6.45) is 16.7. The second kappa shape index (κ2) is 9.87. The summed E-state index contributed by atoms with van der Waals surface area (Å²) >= 11 is 0. The van der Waals surface area contributed by atoms with E-state index in [0.717, 1.165) is 5.75 Å². The average Bonchev–Trinajstić information content (AvgIpc) is 2.53. The standard InChI is InChI=1S/C20H32O/c1-2-3-4-5-6-7-8-9-10-14-19-17-16-18-13-11-12-15-20(18)21-19/h11-13,15,19H,2-10,14,16-17H2,1H3. The molecule has 1 heteroatoms. The number of hydrogen-bond donors (Lipinski definition) is 0. The number of unbranched alkanes of at least 4 members (excludes halogenated alkanes) is 8. The fourth-order valence-electron chi connectivity index (χ4n) is 3.27. The zero-order valence-electron chi connectivity index (χ0n) is 13.8. The van der Waals surface area contributed by atoms with Crippen LogP contribution in [0.25, 0.3) is 0 Å². The second-order valence-corrected chi connectivity index (χ2v) is 6.50. The lowest BCUT2D eigenvalue weighted by atomic mass is 9.98. The predicted molar refractivity (Wildman–Crippen MR) is 91.0 cm³/mol. The summed E-state index contributed by atoms with van der Waals surface area (Å²) in [5.41, 5.74) is 1.39. The molecule has 0 aromatic heterocycles. The minimum Gasteiger partial charge on any atom is -0.490 e. The Labute approximate surface area is 131 Å². The second-order valence-electron chi connectivity index (χ2n) is 6.50. The van der Waals surface area contributed by atoms with E-state index < -0.39 is 0 Å². The van der Waals surface area contributed by atoms with Crippen LogP contribution in [0.4, 0.5) is 0 Å². The highest BCUT2D eigenvalue weighted by molar-refractivity contribution is 5.35. The van der Waals surface area contributed by atoms with Gasteiger partial charge in [0.15, 0.2) is 0 Å². The Morgan fingerprint density at radius 3 is 2.33 bits per heavy atom. The smallest absolute Gasteiger partial charge is 0.122 e. The summed E-state index contributed by atoms with van der Waals surface area (Å²) in [6.45, 7) is 2.28. The van der Waals surface area contributed by atoms with Crippen LogP contribution in [-0.2, 0) is 6.42 Å². The van der Waals surface area contributed by atoms with Gasteiger partial charge in [0.25, 0.3) is 0 Å². The first-order valence-corrected chi connectivity index (χ1v) is 9.14. The highest BCUT2D eigenvalue weighted by Gasteiger charge is 2.18. The van der Waals surface area contributed by atoms with Gasteiger partial charge in [0, 0.05) is 0 Å². The molecule has 0 N–H and O–H groups in total. The van der Waals surface area contributed by atoms with E-state index in [1.807, 2.05) is 0 Å². The van der Waals surface area contributed by atoms with Gasteiger partial charge in [-0.1, -0.05) is 76.5 Å². The molecule has 0 bridgehead atoms. The van der Waals surface area contributed by atoms with Crippen molar-refractivity contribution in [3.05, 3.63) is 29.8 Å². The lowest BCUT2D eigenvalue weighted by Gasteiger charge is -2.26. The largest absolute Gasteiger partial charge is 0.490 e. The molecule has 0 radical (unpaired) electrons. The minimum absolute atomic E-state index is 0.462. The zero-order valence-corrected chi connectivity index (χ0v) is 13.8. The van der Waals surface area contributed by atoms with Crippen LogP contribution in [0.3, 0.4) is 0 Å². The van der Waals surface area contributed by atoms with Crippen molar-refractivity contribution in [3.8, 4) is 5.75 Å². The number of benzene rings is 1. The predicted octanol–water partition coefficient (Wildman–Crippen LogP) is 6.30. The van der Waals surface area contributed by atoms with Crippen molar-refractivity contribution in [3.63, 3.8) is 0 Å². The van der Waals surface area contributed by atoms with E-state index in [0.29, 0.717) is 6.10 Å². The first kappa shape index (κ1) is 16.4. The molecule has 1 nitrogen and oxygen atoms in total. The molecule has 1 aromatic rings. The van der Waals surface area contributed by atoms with Gasteiger partial charge in [-0.25, -0.2) is 0 Å². The maximum atomic E-state index is 6.10. The molecule has 1 aromatic carbocycles. The quantitative estimate of drug-likeness (QED) is 0.459. The van der Waals surface area contributed by atoms with Crippen molar-refractivity contribution in [2.24, 2.45) is 0 Å². The highest BCUT2D eigenvalue weighted by Crippen LogP contribution is 2.29. The maximum absolute atomic E-state index is 6.10. The molecule has 21 heavy (non-hydrogen) atoms. The zero-order chi connectivity index (χ0) is 14.8. The Kier molecular flexibility index (Phi) is 7.70. The summed E-state index contributed by atoms with van der Waals surface area (Å²) in [5.74, 6) is 1.13. The third-order valence-electron chi connectivity index (χ3n) is 4.63. The molecule has 1 unspecified atom stereocenters. The first-order chi connectivity index (χ1) is 10.4. The van der Waals surface area contributed by atoms with E-state index in [2.05, 4.69) is 31.2 Å². The van der Waals surface area contributed by atoms with Crippen LogP contribution in [0.1, 0.15) is 83.1 Å². The topological polar surface area (TPSA) is 9.23 Å². The highest BCUT2D eigenvalue weighted by atomic mass is 16.5. The number of rotatable bonds is 10. The van der Waals surface area contributed by atoms with Crippen LogP contribution in [0.5, 0.6) is 5.75 Å². The molecule has 0 spiro atoms. The van der Waals surface area contributed by atoms with E-state index in [-0.39, 0.29) is 0 Å². The van der Waals surface area contributed by atoms with E-state index in [1.54, 1.807) is 0 Å². The molecule has 2 rings (SSSR count). The Bertz CT molecular complexity index is 385. The lowest BCUT2D eigenvalue weighted by Crippen LogP contribution is -2.22. The third-order valence-corrected chi connectivity index (χ3v) is 4.63. The minimum atomic E-state index is 0.462. The maximum Gasteiger partial charge on any atom is 0.122 e. The summed E-state index contributed by atoms with van der Waals surface area (Å²) < 4.78 is 6.10. The van der Waals surface area contributed by atoms with Crippen LogP contribution in [0, 0.1) is 0 Å². The SMILES string of the molecule is CCCCCCCCCCCC1CCc2ccccc2O1. The van der Waals surface area contributed by atoms with Crippen LogP contribution >= 0.6 is 0 Å². The van der Waals surface area contributed by atoms with Gasteiger partial charge in [-0.05, 0) is 37.3 Å². The Balaban J connectivity index is 1.49. The Morgan fingerprint density at radius 1 is 0.905 bits per heavy atom. The first-order valence-electron chi connectivity index (χ1n) is 9.14. The molecule has 0 saturated heterocycles. The lowest BCUT2D eigenvalue weighted by molar-refractivity contribution is 0.160. The van der Waals surface area contributed by atoms with E-state index in [4.69, 9.17) is 4.74 Å².